The van der Waals surface area contributed by atoms with Gasteiger partial charge >= 0.3 is 0 Å². The fourth-order valence-electron chi connectivity index (χ4n) is 1.59. The summed E-state index contributed by atoms with van der Waals surface area (Å²) in [6.07, 6.45) is 7.03. The second-order valence-electron chi connectivity index (χ2n) is 4.16. The van der Waals surface area contributed by atoms with Crippen LogP contribution in [-0.4, -0.2) is 24.5 Å². The standard InChI is InChI=1S/C16H21NO2/c1-4-6-7-8-16(18)17(3)13-14-9-11-15(12-10-14)19-5-2/h4,6-12H,5,13H2,1-3H3/b6-4+,8-7+. The van der Waals surface area contributed by atoms with Crippen molar-refractivity contribution in [2.24, 2.45) is 0 Å². The first kappa shape index (κ1) is 15.0. The first-order chi connectivity index (χ1) is 9.17. The summed E-state index contributed by atoms with van der Waals surface area (Å²) in [7, 11) is 1.79. The Kier molecular flexibility index (Phi) is 6.44. The summed E-state index contributed by atoms with van der Waals surface area (Å²) >= 11 is 0. The van der Waals surface area contributed by atoms with Gasteiger partial charge in [0.2, 0.25) is 5.91 Å². The predicted molar refractivity (Wildman–Crippen MR) is 78.0 cm³/mol. The third-order valence-electron chi connectivity index (χ3n) is 2.57. The molecule has 0 unspecified atom stereocenters. The Balaban J connectivity index is 2.56. The van der Waals surface area contributed by atoms with Gasteiger partial charge in [0.15, 0.2) is 0 Å². The Labute approximate surface area is 115 Å². The zero-order valence-electron chi connectivity index (χ0n) is 11.8. The van der Waals surface area contributed by atoms with Crippen LogP contribution in [0, 0.1) is 0 Å². The van der Waals surface area contributed by atoms with E-state index < -0.39 is 0 Å². The van der Waals surface area contributed by atoms with Crippen molar-refractivity contribution in [3.63, 3.8) is 0 Å². The van der Waals surface area contributed by atoms with E-state index in [-0.39, 0.29) is 5.91 Å². The van der Waals surface area contributed by atoms with Gasteiger partial charge in [0, 0.05) is 19.7 Å². The molecule has 3 nitrogen and oxygen atoms in total. The molecule has 0 radical (unpaired) electrons. The summed E-state index contributed by atoms with van der Waals surface area (Å²) in [4.78, 5) is 13.4. The molecule has 19 heavy (non-hydrogen) atoms. The predicted octanol–water partition coefficient (Wildman–Crippen LogP) is 3.18. The van der Waals surface area contributed by atoms with Crippen LogP contribution in [0.15, 0.2) is 48.6 Å². The summed E-state index contributed by atoms with van der Waals surface area (Å²) in [5, 5.41) is 0. The van der Waals surface area contributed by atoms with Crippen molar-refractivity contribution in [1.82, 2.24) is 4.90 Å². The van der Waals surface area contributed by atoms with Crippen molar-refractivity contribution < 1.29 is 9.53 Å². The SMILES string of the molecule is C/C=C/C=C/C(=O)N(C)Cc1ccc(OCC)cc1. The summed E-state index contributed by atoms with van der Waals surface area (Å²) in [6, 6.07) is 7.80. The van der Waals surface area contributed by atoms with Crippen LogP contribution < -0.4 is 4.74 Å². The summed E-state index contributed by atoms with van der Waals surface area (Å²) in [5.74, 6) is 0.847. The molecule has 0 saturated carbocycles. The molecule has 0 heterocycles. The number of hydrogen-bond donors (Lipinski definition) is 0. The van der Waals surface area contributed by atoms with Crippen molar-refractivity contribution in [3.05, 3.63) is 54.1 Å². The van der Waals surface area contributed by atoms with E-state index >= 15 is 0 Å². The van der Waals surface area contributed by atoms with Gasteiger partial charge < -0.3 is 9.64 Å². The monoisotopic (exact) mass is 259 g/mol. The maximum atomic E-state index is 11.8. The third kappa shape index (κ3) is 5.42. The number of carbonyl (C=O) groups excluding carboxylic acids is 1. The van der Waals surface area contributed by atoms with E-state index in [1.165, 1.54) is 0 Å². The molecule has 0 aliphatic heterocycles. The largest absolute Gasteiger partial charge is 0.494 e. The van der Waals surface area contributed by atoms with Crippen molar-refractivity contribution >= 4 is 5.91 Å². The fourth-order valence-corrected chi connectivity index (χ4v) is 1.59. The number of allylic oxidation sites excluding steroid dienone is 3. The van der Waals surface area contributed by atoms with Crippen LogP contribution >= 0.6 is 0 Å². The number of carbonyl (C=O) groups is 1. The molecule has 0 spiro atoms. The number of benzene rings is 1. The Hall–Kier alpha value is -2.03. The Morgan fingerprint density at radius 2 is 1.95 bits per heavy atom. The molecule has 1 aromatic rings. The van der Waals surface area contributed by atoms with Crippen molar-refractivity contribution in [1.29, 1.82) is 0 Å². The van der Waals surface area contributed by atoms with E-state index in [1.54, 1.807) is 24.1 Å². The first-order valence-corrected chi connectivity index (χ1v) is 6.43. The van der Waals surface area contributed by atoms with Gasteiger partial charge in [-0.15, -0.1) is 0 Å². The molecule has 0 fully saturated rings. The van der Waals surface area contributed by atoms with E-state index in [0.717, 1.165) is 11.3 Å². The maximum Gasteiger partial charge on any atom is 0.246 e. The topological polar surface area (TPSA) is 29.5 Å². The Morgan fingerprint density at radius 3 is 2.53 bits per heavy atom. The molecule has 0 aliphatic rings. The molecule has 0 saturated heterocycles. The highest BCUT2D eigenvalue weighted by Gasteiger charge is 2.05. The fraction of sp³-hybridized carbons (Fsp3) is 0.312. The van der Waals surface area contributed by atoms with Crippen LogP contribution in [0.3, 0.4) is 0 Å². The number of likely N-dealkylation sites (N-methyl/N-ethyl adjacent to an activating group) is 1. The molecule has 102 valence electrons. The van der Waals surface area contributed by atoms with Gasteiger partial charge in [-0.2, -0.15) is 0 Å². The van der Waals surface area contributed by atoms with Crippen LogP contribution in [0.1, 0.15) is 19.4 Å². The molecule has 1 aromatic carbocycles. The Bertz CT molecular complexity index is 446. The summed E-state index contributed by atoms with van der Waals surface area (Å²) in [5.41, 5.74) is 1.08. The number of amides is 1. The van der Waals surface area contributed by atoms with Crippen molar-refractivity contribution in [3.8, 4) is 5.75 Å². The van der Waals surface area contributed by atoms with Gasteiger partial charge in [0.25, 0.3) is 0 Å². The van der Waals surface area contributed by atoms with Crippen LogP contribution in [0.25, 0.3) is 0 Å². The molecule has 0 N–H and O–H groups in total. The third-order valence-corrected chi connectivity index (χ3v) is 2.57. The second kappa shape index (κ2) is 8.14. The molecule has 3 heteroatoms. The van der Waals surface area contributed by atoms with Gasteiger partial charge in [0.1, 0.15) is 5.75 Å². The van der Waals surface area contributed by atoms with Gasteiger partial charge in [0.05, 0.1) is 6.61 Å². The highest BCUT2D eigenvalue weighted by molar-refractivity contribution is 5.87. The number of ether oxygens (including phenoxy) is 1. The lowest BCUT2D eigenvalue weighted by Crippen LogP contribution is -2.24. The highest BCUT2D eigenvalue weighted by atomic mass is 16.5. The number of rotatable bonds is 6. The molecular weight excluding hydrogens is 238 g/mol. The minimum absolute atomic E-state index is 0.00742. The zero-order valence-corrected chi connectivity index (χ0v) is 11.8. The number of nitrogens with zero attached hydrogens (tertiary/aromatic N) is 1. The zero-order chi connectivity index (χ0) is 14.1. The minimum atomic E-state index is -0.00742. The molecule has 0 aliphatic carbocycles. The lowest BCUT2D eigenvalue weighted by molar-refractivity contribution is -0.125. The summed E-state index contributed by atoms with van der Waals surface area (Å²) in [6.45, 7) is 5.12. The van der Waals surface area contributed by atoms with Crippen molar-refractivity contribution in [2.45, 2.75) is 20.4 Å². The van der Waals surface area contributed by atoms with Crippen molar-refractivity contribution in [2.75, 3.05) is 13.7 Å². The minimum Gasteiger partial charge on any atom is -0.494 e. The van der Waals surface area contributed by atoms with Gasteiger partial charge in [-0.1, -0.05) is 30.4 Å². The quantitative estimate of drug-likeness (QED) is 0.580. The van der Waals surface area contributed by atoms with E-state index in [4.69, 9.17) is 4.74 Å². The van der Waals surface area contributed by atoms with Gasteiger partial charge in [-0.25, -0.2) is 0 Å². The summed E-state index contributed by atoms with van der Waals surface area (Å²) < 4.78 is 5.38. The smallest absolute Gasteiger partial charge is 0.246 e. The number of hydrogen-bond acceptors (Lipinski definition) is 2. The lowest BCUT2D eigenvalue weighted by atomic mass is 10.2. The first-order valence-electron chi connectivity index (χ1n) is 6.43. The van der Waals surface area contributed by atoms with Crippen LogP contribution in [0.5, 0.6) is 5.75 Å². The maximum absolute atomic E-state index is 11.8. The molecule has 1 amide bonds. The van der Waals surface area contributed by atoms with E-state index in [1.807, 2.05) is 50.3 Å². The average Bonchev–Trinajstić information content (AvgIpc) is 2.41. The van der Waals surface area contributed by atoms with Gasteiger partial charge in [-0.3, -0.25) is 4.79 Å². The van der Waals surface area contributed by atoms with Gasteiger partial charge in [-0.05, 0) is 31.5 Å². The van der Waals surface area contributed by atoms with Crippen LogP contribution in [0.2, 0.25) is 0 Å². The van der Waals surface area contributed by atoms with E-state index in [0.29, 0.717) is 13.2 Å². The molecule has 0 aromatic heterocycles. The average molecular weight is 259 g/mol. The second-order valence-corrected chi connectivity index (χ2v) is 4.16. The molecule has 0 atom stereocenters. The molecular formula is C16H21NO2. The molecule has 1 rings (SSSR count). The Morgan fingerprint density at radius 1 is 1.26 bits per heavy atom. The normalized spacial score (nSPS) is 11.1. The van der Waals surface area contributed by atoms with E-state index in [9.17, 15) is 4.79 Å². The molecule has 0 bridgehead atoms. The van der Waals surface area contributed by atoms with E-state index in [2.05, 4.69) is 0 Å². The van der Waals surface area contributed by atoms with Crippen LogP contribution in [0.4, 0.5) is 0 Å². The lowest BCUT2D eigenvalue weighted by Gasteiger charge is -2.15. The van der Waals surface area contributed by atoms with Crippen LogP contribution in [-0.2, 0) is 11.3 Å². The highest BCUT2D eigenvalue weighted by Crippen LogP contribution is 2.13.